The van der Waals surface area contributed by atoms with E-state index >= 15 is 0 Å². The summed E-state index contributed by atoms with van der Waals surface area (Å²) in [6.45, 7) is 0. The van der Waals surface area contributed by atoms with E-state index in [-0.39, 0.29) is 5.75 Å². The zero-order valence-corrected chi connectivity index (χ0v) is 11.5. The normalized spacial score (nSPS) is 11.0. The number of hydrogen-bond donors (Lipinski definition) is 1. The molecule has 3 rings (SSSR count). The number of hydrogen-bond acceptors (Lipinski definition) is 3. The van der Waals surface area contributed by atoms with Crippen LogP contribution in [0, 0.1) is 0 Å². The highest BCUT2D eigenvalue weighted by Crippen LogP contribution is 2.34. The molecule has 0 bridgehead atoms. The van der Waals surface area contributed by atoms with E-state index in [0.717, 1.165) is 21.7 Å². The van der Waals surface area contributed by atoms with E-state index in [9.17, 15) is 5.11 Å². The Labute approximate surface area is 121 Å². The lowest BCUT2D eigenvalue weighted by atomic mass is 10.1. The molecule has 0 aliphatic heterocycles. The van der Waals surface area contributed by atoms with E-state index in [0.29, 0.717) is 0 Å². The third kappa shape index (κ3) is 2.63. The molecule has 0 saturated carbocycles. The van der Waals surface area contributed by atoms with Gasteiger partial charge in [0.25, 0.3) is 0 Å². The number of benzene rings is 2. The summed E-state index contributed by atoms with van der Waals surface area (Å²) in [6, 6.07) is 19.4. The van der Waals surface area contributed by atoms with Crippen molar-refractivity contribution in [3.8, 4) is 16.2 Å². The average molecular weight is 279 g/mol. The predicted molar refractivity (Wildman–Crippen MR) is 85.1 cm³/mol. The molecule has 0 radical (unpaired) electrons. The zero-order valence-electron chi connectivity index (χ0n) is 10.7. The maximum Gasteiger partial charge on any atom is 0.132 e. The average Bonchev–Trinajstić information content (AvgIpc) is 3.01. The van der Waals surface area contributed by atoms with Crippen LogP contribution < -0.4 is 0 Å². The maximum atomic E-state index is 10.4. The molecule has 0 unspecified atom stereocenters. The summed E-state index contributed by atoms with van der Waals surface area (Å²) >= 11 is 1.61. The fourth-order valence-corrected chi connectivity index (χ4v) is 2.71. The topological polar surface area (TPSA) is 32.6 Å². The van der Waals surface area contributed by atoms with Gasteiger partial charge < -0.3 is 5.11 Å². The molecule has 0 saturated heterocycles. The number of aliphatic imine (C=N–C) groups is 1. The quantitative estimate of drug-likeness (QED) is 0.681. The van der Waals surface area contributed by atoms with Crippen molar-refractivity contribution >= 4 is 23.2 Å². The molecule has 2 nitrogen and oxygen atoms in total. The Bertz CT molecular complexity index is 718. The van der Waals surface area contributed by atoms with Gasteiger partial charge in [-0.1, -0.05) is 30.3 Å². The predicted octanol–water partition coefficient (Wildman–Crippen LogP) is 4.87. The van der Waals surface area contributed by atoms with Gasteiger partial charge in [-0.05, 0) is 35.7 Å². The molecule has 0 fully saturated rings. The molecular weight excluding hydrogens is 266 g/mol. The largest absolute Gasteiger partial charge is 0.507 e. The Morgan fingerprint density at radius 1 is 0.900 bits per heavy atom. The lowest BCUT2D eigenvalue weighted by Crippen LogP contribution is -1.84. The van der Waals surface area contributed by atoms with Gasteiger partial charge in [-0.15, -0.1) is 11.3 Å². The Morgan fingerprint density at radius 2 is 1.75 bits per heavy atom. The zero-order chi connectivity index (χ0) is 13.8. The second-order valence-electron chi connectivity index (χ2n) is 4.31. The SMILES string of the molecule is Oc1c(C=Nc2ccccc2)cccc1-c1cccs1. The van der Waals surface area contributed by atoms with E-state index in [1.807, 2.05) is 66.0 Å². The first kappa shape index (κ1) is 12.6. The van der Waals surface area contributed by atoms with Crippen molar-refractivity contribution in [2.24, 2.45) is 4.99 Å². The third-order valence-corrected chi connectivity index (χ3v) is 3.87. The van der Waals surface area contributed by atoms with Gasteiger partial charge in [0.05, 0.1) is 5.69 Å². The van der Waals surface area contributed by atoms with Crippen molar-refractivity contribution in [2.45, 2.75) is 0 Å². The van der Waals surface area contributed by atoms with E-state index in [1.54, 1.807) is 17.6 Å². The molecule has 1 heterocycles. The lowest BCUT2D eigenvalue weighted by Gasteiger charge is -2.04. The van der Waals surface area contributed by atoms with Crippen molar-refractivity contribution in [1.82, 2.24) is 0 Å². The highest BCUT2D eigenvalue weighted by molar-refractivity contribution is 7.13. The summed E-state index contributed by atoms with van der Waals surface area (Å²) in [5.41, 5.74) is 2.44. The minimum Gasteiger partial charge on any atom is -0.507 e. The number of phenols is 1. The molecule has 2 aromatic carbocycles. The van der Waals surface area contributed by atoms with Crippen LogP contribution in [0.1, 0.15) is 5.56 Å². The Kier molecular flexibility index (Phi) is 3.61. The van der Waals surface area contributed by atoms with E-state index < -0.39 is 0 Å². The summed E-state index contributed by atoms with van der Waals surface area (Å²) in [5.74, 6) is 0.273. The van der Waals surface area contributed by atoms with Gasteiger partial charge in [-0.2, -0.15) is 0 Å². The van der Waals surface area contributed by atoms with Crippen molar-refractivity contribution in [3.05, 3.63) is 71.6 Å². The molecule has 0 aliphatic carbocycles. The van der Waals surface area contributed by atoms with Crippen LogP contribution in [0.4, 0.5) is 5.69 Å². The maximum absolute atomic E-state index is 10.4. The number of aromatic hydroxyl groups is 1. The molecule has 3 heteroatoms. The molecule has 0 atom stereocenters. The summed E-state index contributed by atoms with van der Waals surface area (Å²) in [4.78, 5) is 5.43. The molecule has 98 valence electrons. The fourth-order valence-electron chi connectivity index (χ4n) is 1.95. The second-order valence-corrected chi connectivity index (χ2v) is 5.26. The van der Waals surface area contributed by atoms with Gasteiger partial charge in [0, 0.05) is 22.2 Å². The Balaban J connectivity index is 1.95. The first-order valence-corrected chi connectivity index (χ1v) is 7.17. The molecule has 0 aliphatic rings. The van der Waals surface area contributed by atoms with Crippen molar-refractivity contribution in [1.29, 1.82) is 0 Å². The van der Waals surface area contributed by atoms with Crippen molar-refractivity contribution in [3.63, 3.8) is 0 Å². The number of rotatable bonds is 3. The van der Waals surface area contributed by atoms with E-state index in [2.05, 4.69) is 4.99 Å². The number of nitrogens with zero attached hydrogens (tertiary/aromatic N) is 1. The first-order valence-electron chi connectivity index (χ1n) is 6.29. The number of thiophene rings is 1. The Morgan fingerprint density at radius 3 is 2.50 bits per heavy atom. The number of para-hydroxylation sites is 2. The highest BCUT2D eigenvalue weighted by Gasteiger charge is 2.08. The van der Waals surface area contributed by atoms with Gasteiger partial charge in [-0.25, -0.2) is 0 Å². The van der Waals surface area contributed by atoms with E-state index in [1.165, 1.54) is 0 Å². The van der Waals surface area contributed by atoms with Crippen LogP contribution in [0.2, 0.25) is 0 Å². The summed E-state index contributed by atoms with van der Waals surface area (Å²) in [5, 5.41) is 12.4. The van der Waals surface area contributed by atoms with Crippen molar-refractivity contribution in [2.75, 3.05) is 0 Å². The number of phenolic OH excluding ortho intramolecular Hbond substituents is 1. The minimum absolute atomic E-state index is 0.273. The van der Waals surface area contributed by atoms with Crippen LogP contribution in [0.5, 0.6) is 5.75 Å². The minimum atomic E-state index is 0.273. The lowest BCUT2D eigenvalue weighted by molar-refractivity contribution is 0.476. The van der Waals surface area contributed by atoms with Crippen LogP contribution in [0.25, 0.3) is 10.4 Å². The Hall–Kier alpha value is -2.39. The summed E-state index contributed by atoms with van der Waals surface area (Å²) < 4.78 is 0. The van der Waals surface area contributed by atoms with Gasteiger partial charge in [0.15, 0.2) is 0 Å². The molecule has 0 amide bonds. The van der Waals surface area contributed by atoms with Crippen LogP contribution in [-0.4, -0.2) is 11.3 Å². The van der Waals surface area contributed by atoms with Crippen LogP contribution >= 0.6 is 11.3 Å². The van der Waals surface area contributed by atoms with Crippen LogP contribution in [0.3, 0.4) is 0 Å². The molecule has 20 heavy (non-hydrogen) atoms. The third-order valence-electron chi connectivity index (χ3n) is 2.96. The fraction of sp³-hybridized carbons (Fsp3) is 0. The van der Waals surface area contributed by atoms with Gasteiger partial charge >= 0.3 is 0 Å². The van der Waals surface area contributed by atoms with Crippen LogP contribution in [0.15, 0.2) is 71.0 Å². The molecular formula is C17H13NOS. The highest BCUT2D eigenvalue weighted by atomic mass is 32.1. The smallest absolute Gasteiger partial charge is 0.132 e. The van der Waals surface area contributed by atoms with Gasteiger partial charge in [0.2, 0.25) is 0 Å². The van der Waals surface area contributed by atoms with Gasteiger partial charge in [0.1, 0.15) is 5.75 Å². The summed E-state index contributed by atoms with van der Waals surface area (Å²) in [6.07, 6.45) is 1.70. The molecule has 3 aromatic rings. The first-order chi connectivity index (χ1) is 9.84. The van der Waals surface area contributed by atoms with Crippen molar-refractivity contribution < 1.29 is 5.11 Å². The summed E-state index contributed by atoms with van der Waals surface area (Å²) in [7, 11) is 0. The van der Waals surface area contributed by atoms with E-state index in [4.69, 9.17) is 0 Å². The molecule has 1 aromatic heterocycles. The monoisotopic (exact) mass is 279 g/mol. The molecule has 0 spiro atoms. The van der Waals surface area contributed by atoms with Crippen LogP contribution in [-0.2, 0) is 0 Å². The molecule has 1 N–H and O–H groups in total. The van der Waals surface area contributed by atoms with Gasteiger partial charge in [-0.3, -0.25) is 4.99 Å². The standard InChI is InChI=1S/C17H13NOS/c19-17-13(12-18-14-7-2-1-3-8-14)6-4-9-15(17)16-10-5-11-20-16/h1-12,19H. The second kappa shape index (κ2) is 5.72.